The van der Waals surface area contributed by atoms with Crippen molar-refractivity contribution >= 4 is 5.57 Å². The number of hydrogen-bond acceptors (Lipinski definition) is 1. The van der Waals surface area contributed by atoms with Crippen molar-refractivity contribution < 1.29 is 13.2 Å². The van der Waals surface area contributed by atoms with Crippen LogP contribution in [-0.2, 0) is 11.8 Å². The second kappa shape index (κ2) is 8.97. The molecule has 4 heteroatoms. The molecule has 30 heavy (non-hydrogen) atoms. The monoisotopic (exact) mass is 415 g/mol. The average Bonchev–Trinajstić information content (AvgIpc) is 2.69. The summed E-state index contributed by atoms with van der Waals surface area (Å²) in [7, 11) is 0. The second-order valence-electron chi connectivity index (χ2n) is 9.55. The molecule has 2 aromatic rings. The van der Waals surface area contributed by atoms with E-state index in [1.54, 1.807) is 0 Å². The Bertz CT molecular complexity index is 926. The van der Waals surface area contributed by atoms with Gasteiger partial charge >= 0.3 is 0 Å². The van der Waals surface area contributed by atoms with Gasteiger partial charge in [-0.2, -0.15) is 0 Å². The molecule has 0 radical (unpaired) electrons. The molecule has 0 N–H and O–H groups in total. The van der Waals surface area contributed by atoms with Crippen molar-refractivity contribution in [3.8, 4) is 0 Å². The van der Waals surface area contributed by atoms with Gasteiger partial charge < -0.3 is 0 Å². The zero-order chi connectivity index (χ0) is 22.1. The molecule has 0 saturated heterocycles. The highest BCUT2D eigenvalue weighted by Crippen LogP contribution is 2.31. The lowest BCUT2D eigenvalue weighted by atomic mass is 9.83. The molecule has 0 aromatic heterocycles. The molecule has 0 aliphatic carbocycles. The van der Waals surface area contributed by atoms with Gasteiger partial charge in [0.25, 0.3) is 0 Å². The molecule has 0 unspecified atom stereocenters. The normalized spacial score (nSPS) is 15.6. The fourth-order valence-corrected chi connectivity index (χ4v) is 4.28. The highest BCUT2D eigenvalue weighted by atomic mass is 19.2. The summed E-state index contributed by atoms with van der Waals surface area (Å²) in [6.45, 7) is 12.5. The first kappa shape index (κ1) is 22.6. The molecule has 0 atom stereocenters. The van der Waals surface area contributed by atoms with E-state index in [0.29, 0.717) is 18.9 Å². The Morgan fingerprint density at radius 2 is 1.70 bits per heavy atom. The molecule has 1 aliphatic heterocycles. The number of hydrogen-bond donors (Lipinski definition) is 0. The largest absolute Gasteiger partial charge is 0.298 e. The Morgan fingerprint density at radius 1 is 1.03 bits per heavy atom. The second-order valence-corrected chi connectivity index (χ2v) is 9.55. The van der Waals surface area contributed by atoms with E-state index in [0.717, 1.165) is 31.1 Å². The van der Waals surface area contributed by atoms with Gasteiger partial charge in [-0.15, -0.1) is 0 Å². The lowest BCUT2D eigenvalue weighted by molar-refractivity contribution is 0.243. The SMILES string of the molecule is Cc1c(F)c(F)cc(C2=CCN(CC(C)(C)c3ccc(CC(C)C)cc3)CC2)c1F. The van der Waals surface area contributed by atoms with Gasteiger partial charge in [-0.05, 0) is 48.4 Å². The van der Waals surface area contributed by atoms with E-state index in [-0.39, 0.29) is 16.5 Å². The van der Waals surface area contributed by atoms with Crippen molar-refractivity contribution in [1.29, 1.82) is 0 Å². The van der Waals surface area contributed by atoms with Crippen LogP contribution in [-0.4, -0.2) is 24.5 Å². The molecule has 2 aromatic carbocycles. The Labute approximate surface area is 178 Å². The van der Waals surface area contributed by atoms with Crippen LogP contribution in [0.15, 0.2) is 36.4 Å². The molecule has 1 nitrogen and oxygen atoms in total. The quantitative estimate of drug-likeness (QED) is 0.476. The molecular formula is C26H32F3N. The molecule has 1 aliphatic rings. The molecule has 1 heterocycles. The first-order valence-corrected chi connectivity index (χ1v) is 10.7. The number of nitrogens with zero attached hydrogens (tertiary/aromatic N) is 1. The van der Waals surface area contributed by atoms with Gasteiger partial charge in [0.05, 0.1) is 0 Å². The van der Waals surface area contributed by atoms with E-state index in [9.17, 15) is 13.2 Å². The van der Waals surface area contributed by atoms with Gasteiger partial charge in [0, 0.05) is 36.2 Å². The van der Waals surface area contributed by atoms with Gasteiger partial charge in [-0.3, -0.25) is 4.90 Å². The molecular weight excluding hydrogens is 383 g/mol. The Kier molecular flexibility index (Phi) is 6.76. The molecule has 0 amide bonds. The van der Waals surface area contributed by atoms with Gasteiger partial charge in [0.2, 0.25) is 0 Å². The minimum Gasteiger partial charge on any atom is -0.298 e. The molecule has 3 rings (SSSR count). The van der Waals surface area contributed by atoms with E-state index in [4.69, 9.17) is 0 Å². The average molecular weight is 416 g/mol. The Morgan fingerprint density at radius 3 is 2.27 bits per heavy atom. The van der Waals surface area contributed by atoms with Crippen molar-refractivity contribution in [2.24, 2.45) is 5.92 Å². The lowest BCUT2D eigenvalue weighted by Gasteiger charge is -2.35. The minimum absolute atomic E-state index is 0.0223. The minimum atomic E-state index is -1.10. The smallest absolute Gasteiger partial charge is 0.164 e. The van der Waals surface area contributed by atoms with Crippen LogP contribution in [0.1, 0.15) is 56.4 Å². The third-order valence-electron chi connectivity index (χ3n) is 6.01. The van der Waals surface area contributed by atoms with Crippen molar-refractivity contribution in [3.05, 3.63) is 76.1 Å². The summed E-state index contributed by atoms with van der Waals surface area (Å²) < 4.78 is 41.8. The first-order valence-electron chi connectivity index (χ1n) is 10.7. The summed E-state index contributed by atoms with van der Waals surface area (Å²) in [4.78, 5) is 2.33. The molecule has 0 bridgehead atoms. The fraction of sp³-hybridized carbons (Fsp3) is 0.462. The van der Waals surface area contributed by atoms with E-state index in [1.807, 2.05) is 6.08 Å². The van der Waals surface area contributed by atoms with Gasteiger partial charge in [0.1, 0.15) is 5.82 Å². The Hall–Kier alpha value is -2.07. The first-order chi connectivity index (χ1) is 14.1. The van der Waals surface area contributed by atoms with Crippen LogP contribution < -0.4 is 0 Å². The van der Waals surface area contributed by atoms with Gasteiger partial charge in [-0.1, -0.05) is 58.0 Å². The van der Waals surface area contributed by atoms with Crippen molar-refractivity contribution in [1.82, 2.24) is 4.90 Å². The highest BCUT2D eigenvalue weighted by molar-refractivity contribution is 5.68. The van der Waals surface area contributed by atoms with Crippen LogP contribution in [0.2, 0.25) is 0 Å². The third-order valence-corrected chi connectivity index (χ3v) is 6.01. The van der Waals surface area contributed by atoms with Crippen LogP contribution in [0.3, 0.4) is 0 Å². The maximum Gasteiger partial charge on any atom is 0.164 e. The van der Waals surface area contributed by atoms with E-state index in [1.165, 1.54) is 18.1 Å². The predicted octanol–water partition coefficient (Wildman–Crippen LogP) is 6.68. The van der Waals surface area contributed by atoms with E-state index >= 15 is 0 Å². The van der Waals surface area contributed by atoms with E-state index < -0.39 is 17.5 Å². The summed E-state index contributed by atoms with van der Waals surface area (Å²) in [5.74, 6) is -2.11. The molecule has 162 valence electrons. The molecule has 0 saturated carbocycles. The summed E-state index contributed by atoms with van der Waals surface area (Å²) in [6, 6.07) is 9.88. The lowest BCUT2D eigenvalue weighted by Crippen LogP contribution is -2.39. The molecule has 0 spiro atoms. The zero-order valence-corrected chi connectivity index (χ0v) is 18.7. The van der Waals surface area contributed by atoms with Crippen molar-refractivity contribution in [2.45, 2.75) is 52.9 Å². The van der Waals surface area contributed by atoms with Crippen LogP contribution in [0, 0.1) is 30.3 Å². The van der Waals surface area contributed by atoms with Crippen molar-refractivity contribution in [2.75, 3.05) is 19.6 Å². The summed E-state index contributed by atoms with van der Waals surface area (Å²) in [5, 5.41) is 0. The summed E-state index contributed by atoms with van der Waals surface area (Å²) >= 11 is 0. The van der Waals surface area contributed by atoms with Crippen molar-refractivity contribution in [3.63, 3.8) is 0 Å². The van der Waals surface area contributed by atoms with Crippen LogP contribution in [0.25, 0.3) is 5.57 Å². The Balaban J connectivity index is 1.69. The standard InChI is InChI=1S/C26H32F3N/c1-17(2)14-19-6-8-21(9-7-19)26(4,5)16-30-12-10-20(11-13-30)22-15-23(27)25(29)18(3)24(22)28/h6-10,15,17H,11-14,16H2,1-5H3. The topological polar surface area (TPSA) is 3.24 Å². The molecule has 0 fully saturated rings. The van der Waals surface area contributed by atoms with Gasteiger partial charge in [0.15, 0.2) is 11.6 Å². The van der Waals surface area contributed by atoms with Crippen LogP contribution >= 0.6 is 0 Å². The number of halogens is 3. The zero-order valence-electron chi connectivity index (χ0n) is 18.7. The predicted molar refractivity (Wildman–Crippen MR) is 118 cm³/mol. The summed E-state index contributed by atoms with van der Waals surface area (Å²) in [6.07, 6.45) is 3.64. The number of benzene rings is 2. The van der Waals surface area contributed by atoms with Gasteiger partial charge in [-0.25, -0.2) is 13.2 Å². The third kappa shape index (κ3) is 4.97. The highest BCUT2D eigenvalue weighted by Gasteiger charge is 2.26. The maximum absolute atomic E-state index is 14.5. The number of rotatable bonds is 6. The van der Waals surface area contributed by atoms with Crippen LogP contribution in [0.5, 0.6) is 0 Å². The van der Waals surface area contributed by atoms with Crippen LogP contribution in [0.4, 0.5) is 13.2 Å². The fourth-order valence-electron chi connectivity index (χ4n) is 4.28. The van der Waals surface area contributed by atoms with E-state index in [2.05, 4.69) is 56.9 Å². The summed E-state index contributed by atoms with van der Waals surface area (Å²) in [5.41, 5.74) is 3.32. The maximum atomic E-state index is 14.5.